The van der Waals surface area contributed by atoms with E-state index in [4.69, 9.17) is 17.0 Å². The largest absolute Gasteiger partial charge is 0.487 e. The Hall–Kier alpha value is -3.17. The number of rotatable bonds is 5. The highest BCUT2D eigenvalue weighted by atomic mass is 32.1. The van der Waals surface area contributed by atoms with Crippen LogP contribution in [0, 0.1) is 11.3 Å². The third-order valence-electron chi connectivity index (χ3n) is 5.43. The maximum atomic E-state index is 9.58. The molecule has 0 amide bonds. The normalized spacial score (nSPS) is 15.2. The van der Waals surface area contributed by atoms with Crippen LogP contribution in [0.4, 0.5) is 5.69 Å². The molecular formula is C24H24N4OS. The van der Waals surface area contributed by atoms with Gasteiger partial charge in [-0.05, 0) is 61.5 Å². The van der Waals surface area contributed by atoms with Crippen molar-refractivity contribution in [3.05, 3.63) is 66.4 Å². The fourth-order valence-corrected chi connectivity index (χ4v) is 4.09. The monoisotopic (exact) mass is 416 g/mol. The van der Waals surface area contributed by atoms with Gasteiger partial charge < -0.3 is 15.4 Å². The standard InChI is InChI=1S/C24H24N4OS/c25-17-24(14-4-1-5-15-24)28-23(30)27-19-10-12-21(13-11-19)29-16-20-9-8-18-6-2-3-7-22(18)26-20/h2-3,6-13H,1,4-5,14-16H2,(H2,27,28,30). The number of nitrogens with zero attached hydrogens (tertiary/aromatic N) is 2. The lowest BCUT2D eigenvalue weighted by Crippen LogP contribution is -2.50. The van der Waals surface area contributed by atoms with Crippen LogP contribution in [-0.2, 0) is 6.61 Å². The zero-order valence-corrected chi connectivity index (χ0v) is 17.5. The molecule has 1 fully saturated rings. The van der Waals surface area contributed by atoms with Crippen molar-refractivity contribution in [1.29, 1.82) is 5.26 Å². The molecule has 4 rings (SSSR count). The zero-order valence-electron chi connectivity index (χ0n) is 16.7. The summed E-state index contributed by atoms with van der Waals surface area (Å²) >= 11 is 5.43. The van der Waals surface area contributed by atoms with Crippen LogP contribution in [0.25, 0.3) is 10.9 Å². The minimum absolute atomic E-state index is 0.405. The van der Waals surface area contributed by atoms with Gasteiger partial charge in [-0.25, -0.2) is 4.98 Å². The quantitative estimate of drug-likeness (QED) is 0.548. The van der Waals surface area contributed by atoms with E-state index in [2.05, 4.69) is 27.8 Å². The van der Waals surface area contributed by atoms with Gasteiger partial charge in [0, 0.05) is 11.1 Å². The first-order valence-corrected chi connectivity index (χ1v) is 10.6. The molecule has 152 valence electrons. The molecule has 30 heavy (non-hydrogen) atoms. The van der Waals surface area contributed by atoms with Gasteiger partial charge in [0.1, 0.15) is 17.9 Å². The summed E-state index contributed by atoms with van der Waals surface area (Å²) in [6.07, 6.45) is 4.96. The highest BCUT2D eigenvalue weighted by molar-refractivity contribution is 7.80. The molecule has 1 heterocycles. The Balaban J connectivity index is 1.32. The minimum atomic E-state index is -0.543. The van der Waals surface area contributed by atoms with Crippen LogP contribution < -0.4 is 15.4 Å². The summed E-state index contributed by atoms with van der Waals surface area (Å²) in [5.41, 5.74) is 2.16. The summed E-state index contributed by atoms with van der Waals surface area (Å²) in [5, 5.41) is 17.6. The number of nitrogens with one attached hydrogen (secondary N) is 2. The molecule has 0 radical (unpaired) electrons. The Kier molecular flexibility index (Phi) is 6.10. The molecule has 3 aromatic rings. The van der Waals surface area contributed by atoms with Crippen LogP contribution in [0.1, 0.15) is 37.8 Å². The smallest absolute Gasteiger partial charge is 0.172 e. The Morgan fingerprint density at radius 2 is 1.80 bits per heavy atom. The molecule has 2 aromatic carbocycles. The maximum absolute atomic E-state index is 9.58. The molecule has 0 unspecified atom stereocenters. The van der Waals surface area contributed by atoms with Crippen molar-refractivity contribution in [2.45, 2.75) is 44.2 Å². The number of hydrogen-bond donors (Lipinski definition) is 2. The van der Waals surface area contributed by atoms with E-state index >= 15 is 0 Å². The van der Waals surface area contributed by atoms with Crippen LogP contribution in [0.3, 0.4) is 0 Å². The van der Waals surface area contributed by atoms with Gasteiger partial charge in [-0.15, -0.1) is 0 Å². The summed E-state index contributed by atoms with van der Waals surface area (Å²) in [7, 11) is 0. The van der Waals surface area contributed by atoms with E-state index in [9.17, 15) is 5.26 Å². The van der Waals surface area contributed by atoms with Crippen molar-refractivity contribution in [3.63, 3.8) is 0 Å². The molecule has 0 saturated heterocycles. The molecule has 0 atom stereocenters. The molecule has 1 aliphatic rings. The van der Waals surface area contributed by atoms with Crippen molar-refractivity contribution in [2.75, 3.05) is 5.32 Å². The van der Waals surface area contributed by atoms with E-state index in [0.29, 0.717) is 11.7 Å². The van der Waals surface area contributed by atoms with Crippen LogP contribution in [-0.4, -0.2) is 15.6 Å². The van der Waals surface area contributed by atoms with Crippen molar-refractivity contribution in [1.82, 2.24) is 10.3 Å². The van der Waals surface area contributed by atoms with Gasteiger partial charge in [-0.3, -0.25) is 0 Å². The molecule has 1 aliphatic carbocycles. The van der Waals surface area contributed by atoms with Crippen LogP contribution in [0.15, 0.2) is 60.7 Å². The summed E-state index contributed by atoms with van der Waals surface area (Å²) < 4.78 is 5.87. The number of hydrogen-bond acceptors (Lipinski definition) is 4. The predicted octanol–water partition coefficient (Wildman–Crippen LogP) is 5.33. The van der Waals surface area contributed by atoms with E-state index in [0.717, 1.165) is 53.7 Å². The Morgan fingerprint density at radius 1 is 1.03 bits per heavy atom. The number of thiocarbonyl (C=S) groups is 1. The maximum Gasteiger partial charge on any atom is 0.172 e. The van der Waals surface area contributed by atoms with Crippen LogP contribution in [0.5, 0.6) is 5.75 Å². The van der Waals surface area contributed by atoms with Crippen molar-refractivity contribution < 1.29 is 4.74 Å². The lowest BCUT2D eigenvalue weighted by atomic mass is 9.83. The van der Waals surface area contributed by atoms with Gasteiger partial charge in [0.25, 0.3) is 0 Å². The lowest BCUT2D eigenvalue weighted by molar-refractivity contribution is 0.302. The fraction of sp³-hybridized carbons (Fsp3) is 0.292. The number of nitriles is 1. The first-order chi connectivity index (χ1) is 14.7. The Bertz CT molecular complexity index is 1070. The van der Waals surface area contributed by atoms with Crippen LogP contribution in [0.2, 0.25) is 0 Å². The zero-order chi connectivity index (χ0) is 20.8. The summed E-state index contributed by atoms with van der Waals surface area (Å²) in [4.78, 5) is 4.63. The topological polar surface area (TPSA) is 70.0 Å². The van der Waals surface area contributed by atoms with Gasteiger partial charge in [-0.1, -0.05) is 43.5 Å². The molecule has 2 N–H and O–H groups in total. The molecule has 5 nitrogen and oxygen atoms in total. The van der Waals surface area contributed by atoms with E-state index in [1.54, 1.807) is 0 Å². The average molecular weight is 417 g/mol. The molecule has 0 spiro atoms. The van der Waals surface area contributed by atoms with Gasteiger partial charge in [0.2, 0.25) is 0 Å². The second-order valence-corrected chi connectivity index (χ2v) is 8.05. The van der Waals surface area contributed by atoms with Crippen LogP contribution >= 0.6 is 12.2 Å². The number of para-hydroxylation sites is 1. The predicted molar refractivity (Wildman–Crippen MR) is 123 cm³/mol. The highest BCUT2D eigenvalue weighted by Gasteiger charge is 2.32. The summed E-state index contributed by atoms with van der Waals surface area (Å²) in [6, 6.07) is 22.1. The van der Waals surface area contributed by atoms with E-state index < -0.39 is 5.54 Å². The molecule has 0 bridgehead atoms. The molecule has 1 saturated carbocycles. The second-order valence-electron chi connectivity index (χ2n) is 7.64. The fourth-order valence-electron chi connectivity index (χ4n) is 3.78. The number of aromatic nitrogens is 1. The lowest BCUT2D eigenvalue weighted by Gasteiger charge is -2.32. The van der Waals surface area contributed by atoms with E-state index in [1.165, 1.54) is 6.42 Å². The Labute approximate surface area is 182 Å². The van der Waals surface area contributed by atoms with Crippen molar-refractivity contribution in [3.8, 4) is 11.8 Å². The average Bonchev–Trinajstić information content (AvgIpc) is 2.79. The molecule has 0 aliphatic heterocycles. The minimum Gasteiger partial charge on any atom is -0.487 e. The Morgan fingerprint density at radius 3 is 2.57 bits per heavy atom. The number of pyridine rings is 1. The van der Waals surface area contributed by atoms with E-state index in [-0.39, 0.29) is 0 Å². The van der Waals surface area contributed by atoms with E-state index in [1.807, 2.05) is 54.6 Å². The van der Waals surface area contributed by atoms with Crippen molar-refractivity contribution >= 4 is 33.9 Å². The highest BCUT2D eigenvalue weighted by Crippen LogP contribution is 2.27. The summed E-state index contributed by atoms with van der Waals surface area (Å²) in [6.45, 7) is 0.405. The SMILES string of the molecule is N#CC1(NC(=S)Nc2ccc(OCc3ccc4ccccc4n3)cc2)CCCCC1. The van der Waals surface area contributed by atoms with Gasteiger partial charge in [0.05, 0.1) is 17.3 Å². The first kappa shape index (κ1) is 20.1. The number of fused-ring (bicyclic) bond motifs is 1. The van der Waals surface area contributed by atoms with Gasteiger partial charge in [0.15, 0.2) is 5.11 Å². The molecule has 1 aromatic heterocycles. The summed E-state index contributed by atoms with van der Waals surface area (Å²) in [5.74, 6) is 0.759. The number of anilines is 1. The number of benzene rings is 2. The van der Waals surface area contributed by atoms with Gasteiger partial charge in [-0.2, -0.15) is 5.26 Å². The molecule has 6 heteroatoms. The van der Waals surface area contributed by atoms with Crippen molar-refractivity contribution in [2.24, 2.45) is 0 Å². The third kappa shape index (κ3) is 4.87. The van der Waals surface area contributed by atoms with Gasteiger partial charge >= 0.3 is 0 Å². The second kappa shape index (κ2) is 9.10. The molecular weight excluding hydrogens is 392 g/mol. The third-order valence-corrected chi connectivity index (χ3v) is 5.63. The number of ether oxygens (including phenoxy) is 1. The first-order valence-electron chi connectivity index (χ1n) is 10.2.